The van der Waals surface area contributed by atoms with Gasteiger partial charge in [0.15, 0.2) is 11.5 Å². The van der Waals surface area contributed by atoms with Crippen molar-refractivity contribution >= 4 is 17.6 Å². The average Bonchev–Trinajstić information content (AvgIpc) is 2.87. The Kier molecular flexibility index (Phi) is 3.62. The summed E-state index contributed by atoms with van der Waals surface area (Å²) in [5.41, 5.74) is 0.607. The van der Waals surface area contributed by atoms with E-state index in [1.54, 1.807) is 12.1 Å². The number of carbonyl (C=O) groups is 1. The van der Waals surface area contributed by atoms with E-state index >= 15 is 0 Å². The summed E-state index contributed by atoms with van der Waals surface area (Å²) in [4.78, 5) is 17.5. The van der Waals surface area contributed by atoms with Crippen molar-refractivity contribution in [3.8, 4) is 22.9 Å². The molecule has 0 saturated heterocycles. The van der Waals surface area contributed by atoms with Gasteiger partial charge in [-0.25, -0.2) is 9.78 Å². The number of nitrogens with zero attached hydrogens (tertiary/aromatic N) is 1. The molecule has 2 N–H and O–H groups in total. The highest BCUT2D eigenvalue weighted by atomic mass is 35.5. The Balaban J connectivity index is 2.50. The van der Waals surface area contributed by atoms with Crippen molar-refractivity contribution in [3.05, 3.63) is 29.0 Å². The molecule has 19 heavy (non-hydrogen) atoms. The first-order valence-electron chi connectivity index (χ1n) is 5.27. The molecule has 0 saturated carbocycles. The van der Waals surface area contributed by atoms with Crippen LogP contribution in [0.25, 0.3) is 11.4 Å². The number of ether oxygens (including phenoxy) is 2. The second-order valence-corrected chi connectivity index (χ2v) is 4.05. The summed E-state index contributed by atoms with van der Waals surface area (Å²) in [5.74, 6) is 0.168. The Morgan fingerprint density at radius 2 is 2.11 bits per heavy atom. The van der Waals surface area contributed by atoms with Crippen molar-refractivity contribution in [2.75, 3.05) is 14.2 Å². The maximum atomic E-state index is 10.8. The van der Waals surface area contributed by atoms with Crippen molar-refractivity contribution in [1.82, 2.24) is 9.97 Å². The SMILES string of the molecule is COc1cc(-c2ncc(C(=O)O)[nH]2)cc(Cl)c1OC. The number of imidazole rings is 1. The Morgan fingerprint density at radius 3 is 2.63 bits per heavy atom. The first kappa shape index (κ1) is 13.2. The summed E-state index contributed by atoms with van der Waals surface area (Å²) >= 11 is 6.07. The number of methoxy groups -OCH3 is 2. The normalized spacial score (nSPS) is 10.3. The van der Waals surface area contributed by atoms with Gasteiger partial charge in [-0.1, -0.05) is 11.6 Å². The van der Waals surface area contributed by atoms with Gasteiger partial charge in [0.05, 0.1) is 25.4 Å². The minimum absolute atomic E-state index is 0.000840. The quantitative estimate of drug-likeness (QED) is 0.900. The van der Waals surface area contributed by atoms with E-state index in [2.05, 4.69) is 9.97 Å². The largest absolute Gasteiger partial charge is 0.493 e. The van der Waals surface area contributed by atoms with Crippen LogP contribution in [0.5, 0.6) is 11.5 Å². The molecule has 6 nitrogen and oxygen atoms in total. The number of halogens is 1. The van der Waals surface area contributed by atoms with E-state index in [0.717, 1.165) is 0 Å². The number of H-pyrrole nitrogens is 1. The smallest absolute Gasteiger partial charge is 0.353 e. The van der Waals surface area contributed by atoms with Gasteiger partial charge in [0.25, 0.3) is 0 Å². The number of hydrogen-bond acceptors (Lipinski definition) is 4. The molecule has 0 aliphatic carbocycles. The molecule has 0 unspecified atom stereocenters. The van der Waals surface area contributed by atoms with Crippen LogP contribution in [0.2, 0.25) is 5.02 Å². The predicted octanol–water partition coefficient (Wildman–Crippen LogP) is 2.45. The summed E-state index contributed by atoms with van der Waals surface area (Å²) in [5, 5.41) is 9.19. The lowest BCUT2D eigenvalue weighted by Crippen LogP contribution is -1.96. The highest BCUT2D eigenvalue weighted by Crippen LogP contribution is 2.38. The van der Waals surface area contributed by atoms with Crippen LogP contribution in [0.1, 0.15) is 10.5 Å². The molecule has 0 fully saturated rings. The molecule has 2 rings (SSSR count). The Morgan fingerprint density at radius 1 is 1.37 bits per heavy atom. The van der Waals surface area contributed by atoms with Crippen LogP contribution < -0.4 is 9.47 Å². The summed E-state index contributed by atoms with van der Waals surface area (Å²) < 4.78 is 10.3. The van der Waals surface area contributed by atoms with E-state index in [9.17, 15) is 4.79 Å². The van der Waals surface area contributed by atoms with E-state index in [1.165, 1.54) is 20.4 Å². The maximum absolute atomic E-state index is 10.8. The molecule has 0 aliphatic heterocycles. The highest BCUT2D eigenvalue weighted by Gasteiger charge is 2.15. The van der Waals surface area contributed by atoms with Gasteiger partial charge in [-0.15, -0.1) is 0 Å². The molecule has 0 spiro atoms. The number of carboxylic acids is 1. The standard InChI is InChI=1S/C12H11ClN2O4/c1-18-9-4-6(3-7(13)10(9)19-2)11-14-5-8(15-11)12(16)17/h3-5H,1-2H3,(H,14,15)(H,16,17). The molecular formula is C12H11ClN2O4. The molecule has 0 bridgehead atoms. The minimum Gasteiger partial charge on any atom is -0.493 e. The number of hydrogen-bond donors (Lipinski definition) is 2. The molecule has 0 radical (unpaired) electrons. The van der Waals surface area contributed by atoms with Gasteiger partial charge in [0, 0.05) is 5.56 Å². The fraction of sp³-hybridized carbons (Fsp3) is 0.167. The number of rotatable bonds is 4. The van der Waals surface area contributed by atoms with Crippen LogP contribution in [0, 0.1) is 0 Å². The Hall–Kier alpha value is -2.21. The minimum atomic E-state index is -1.08. The number of benzene rings is 1. The molecule has 1 heterocycles. The fourth-order valence-electron chi connectivity index (χ4n) is 1.63. The molecule has 1 aromatic carbocycles. The van der Waals surface area contributed by atoms with Gasteiger partial charge >= 0.3 is 5.97 Å². The monoisotopic (exact) mass is 282 g/mol. The van der Waals surface area contributed by atoms with Crippen molar-refractivity contribution in [1.29, 1.82) is 0 Å². The lowest BCUT2D eigenvalue weighted by Gasteiger charge is -2.10. The lowest BCUT2D eigenvalue weighted by molar-refractivity contribution is 0.0691. The van der Waals surface area contributed by atoms with Crippen molar-refractivity contribution in [2.45, 2.75) is 0 Å². The van der Waals surface area contributed by atoms with Crippen LogP contribution in [0.3, 0.4) is 0 Å². The van der Waals surface area contributed by atoms with Crippen molar-refractivity contribution < 1.29 is 19.4 Å². The molecule has 0 amide bonds. The van der Waals surface area contributed by atoms with E-state index < -0.39 is 5.97 Å². The zero-order chi connectivity index (χ0) is 14.0. The number of aromatic nitrogens is 2. The van der Waals surface area contributed by atoms with E-state index in [-0.39, 0.29) is 5.69 Å². The van der Waals surface area contributed by atoms with Gasteiger partial charge in [-0.2, -0.15) is 0 Å². The molecule has 0 atom stereocenters. The number of nitrogens with one attached hydrogen (secondary N) is 1. The zero-order valence-corrected chi connectivity index (χ0v) is 11.0. The molecule has 100 valence electrons. The highest BCUT2D eigenvalue weighted by molar-refractivity contribution is 6.32. The number of carboxylic acid groups (broad SMARTS) is 1. The van der Waals surface area contributed by atoms with Crippen molar-refractivity contribution in [3.63, 3.8) is 0 Å². The summed E-state index contributed by atoms with van der Waals surface area (Å²) in [6.07, 6.45) is 1.24. The summed E-state index contributed by atoms with van der Waals surface area (Å²) in [6, 6.07) is 3.28. The van der Waals surface area contributed by atoms with Gasteiger partial charge < -0.3 is 19.6 Å². The predicted molar refractivity (Wildman–Crippen MR) is 69.1 cm³/mol. The number of aromatic amines is 1. The zero-order valence-electron chi connectivity index (χ0n) is 10.2. The van der Waals surface area contributed by atoms with E-state index in [0.29, 0.717) is 27.9 Å². The Bertz CT molecular complexity index is 624. The van der Waals surface area contributed by atoms with Gasteiger partial charge in [-0.05, 0) is 12.1 Å². The first-order valence-corrected chi connectivity index (χ1v) is 5.64. The molecular weight excluding hydrogens is 272 g/mol. The van der Waals surface area contributed by atoms with Gasteiger partial charge in [0.1, 0.15) is 11.5 Å². The van der Waals surface area contributed by atoms with Crippen LogP contribution in [-0.4, -0.2) is 35.3 Å². The molecule has 2 aromatic rings. The van der Waals surface area contributed by atoms with Crippen molar-refractivity contribution in [2.24, 2.45) is 0 Å². The van der Waals surface area contributed by atoms with Gasteiger partial charge in [0.2, 0.25) is 0 Å². The Labute approximate surface area is 113 Å². The molecule has 0 aliphatic rings. The summed E-state index contributed by atoms with van der Waals surface area (Å²) in [6.45, 7) is 0. The van der Waals surface area contributed by atoms with Crippen LogP contribution in [-0.2, 0) is 0 Å². The first-order chi connectivity index (χ1) is 9.06. The third-order valence-corrected chi connectivity index (χ3v) is 2.79. The van der Waals surface area contributed by atoms with E-state index in [1.807, 2.05) is 0 Å². The number of aromatic carboxylic acids is 1. The third kappa shape index (κ3) is 2.48. The van der Waals surface area contributed by atoms with Crippen LogP contribution in [0.4, 0.5) is 0 Å². The van der Waals surface area contributed by atoms with Gasteiger partial charge in [-0.3, -0.25) is 0 Å². The van der Waals surface area contributed by atoms with Crippen LogP contribution in [0.15, 0.2) is 18.3 Å². The third-order valence-electron chi connectivity index (χ3n) is 2.51. The molecule has 1 aromatic heterocycles. The second-order valence-electron chi connectivity index (χ2n) is 3.64. The summed E-state index contributed by atoms with van der Waals surface area (Å²) in [7, 11) is 2.97. The topological polar surface area (TPSA) is 84.4 Å². The maximum Gasteiger partial charge on any atom is 0.353 e. The van der Waals surface area contributed by atoms with E-state index in [4.69, 9.17) is 26.2 Å². The lowest BCUT2D eigenvalue weighted by atomic mass is 10.2. The van der Waals surface area contributed by atoms with Crippen LogP contribution >= 0.6 is 11.6 Å². The molecule has 7 heteroatoms. The average molecular weight is 283 g/mol. The fourth-order valence-corrected chi connectivity index (χ4v) is 1.92. The second kappa shape index (κ2) is 5.19.